The maximum absolute atomic E-state index is 12.4. The largest absolute Gasteiger partial charge is 0.508 e. The molecular weight excluding hydrogens is 272 g/mol. The summed E-state index contributed by atoms with van der Waals surface area (Å²) in [5, 5.41) is 9.45. The standard InChI is InChI=1S/C15H14N2O2S/c1-17(13-8-3-2-7-12(13)14(16)20)15(19)10-5-4-6-11(18)9-10/h2-9,18H,1H3,(H2,16,20). The van der Waals surface area contributed by atoms with Gasteiger partial charge in [0.1, 0.15) is 10.7 Å². The first-order valence-electron chi connectivity index (χ1n) is 5.96. The van der Waals surface area contributed by atoms with Crippen molar-refractivity contribution in [2.45, 2.75) is 0 Å². The highest BCUT2D eigenvalue weighted by atomic mass is 32.1. The number of anilines is 1. The summed E-state index contributed by atoms with van der Waals surface area (Å²) in [5.74, 6) is -0.198. The van der Waals surface area contributed by atoms with E-state index < -0.39 is 0 Å². The summed E-state index contributed by atoms with van der Waals surface area (Å²) in [7, 11) is 1.64. The van der Waals surface area contributed by atoms with Gasteiger partial charge in [0.15, 0.2) is 0 Å². The Morgan fingerprint density at radius 2 is 1.90 bits per heavy atom. The summed E-state index contributed by atoms with van der Waals surface area (Å²) in [6, 6.07) is 13.4. The van der Waals surface area contributed by atoms with Crippen LogP contribution in [0, 0.1) is 0 Å². The van der Waals surface area contributed by atoms with Crippen molar-refractivity contribution in [1.82, 2.24) is 0 Å². The van der Waals surface area contributed by atoms with Gasteiger partial charge in [-0.1, -0.05) is 30.4 Å². The average Bonchev–Trinajstić information content (AvgIpc) is 2.45. The number of phenolic OH excluding ortho intramolecular Hbond substituents is 1. The van der Waals surface area contributed by atoms with E-state index in [-0.39, 0.29) is 16.6 Å². The molecule has 0 atom stereocenters. The van der Waals surface area contributed by atoms with Gasteiger partial charge in [0.2, 0.25) is 0 Å². The lowest BCUT2D eigenvalue weighted by atomic mass is 10.1. The Balaban J connectivity index is 2.39. The fraction of sp³-hybridized carbons (Fsp3) is 0.0667. The normalized spacial score (nSPS) is 10.1. The Bertz CT molecular complexity index is 670. The molecule has 0 unspecified atom stereocenters. The number of benzene rings is 2. The first kappa shape index (κ1) is 14.0. The van der Waals surface area contributed by atoms with Gasteiger partial charge in [-0.15, -0.1) is 0 Å². The van der Waals surface area contributed by atoms with Crippen LogP contribution in [0.4, 0.5) is 5.69 Å². The van der Waals surface area contributed by atoms with Crippen molar-refractivity contribution in [2.24, 2.45) is 5.73 Å². The van der Waals surface area contributed by atoms with Crippen LogP contribution in [0.3, 0.4) is 0 Å². The van der Waals surface area contributed by atoms with Crippen LogP contribution in [0.1, 0.15) is 15.9 Å². The summed E-state index contributed by atoms with van der Waals surface area (Å²) in [6.07, 6.45) is 0. The molecule has 2 rings (SSSR count). The summed E-state index contributed by atoms with van der Waals surface area (Å²) in [4.78, 5) is 14.1. The molecule has 0 aliphatic heterocycles. The fourth-order valence-electron chi connectivity index (χ4n) is 1.92. The summed E-state index contributed by atoms with van der Waals surface area (Å²) < 4.78 is 0. The molecule has 0 saturated heterocycles. The zero-order valence-corrected chi connectivity index (χ0v) is 11.7. The van der Waals surface area contributed by atoms with Crippen LogP contribution < -0.4 is 10.6 Å². The van der Waals surface area contributed by atoms with Gasteiger partial charge in [0.05, 0.1) is 5.69 Å². The van der Waals surface area contributed by atoms with E-state index in [1.165, 1.54) is 17.0 Å². The van der Waals surface area contributed by atoms with E-state index in [0.717, 1.165) is 0 Å². The van der Waals surface area contributed by atoms with Gasteiger partial charge < -0.3 is 15.7 Å². The number of phenols is 1. The molecule has 20 heavy (non-hydrogen) atoms. The minimum absolute atomic E-state index is 0.0480. The third-order valence-electron chi connectivity index (χ3n) is 2.93. The number of aromatic hydroxyl groups is 1. The molecule has 0 spiro atoms. The van der Waals surface area contributed by atoms with Crippen molar-refractivity contribution >= 4 is 28.8 Å². The monoisotopic (exact) mass is 286 g/mol. The molecule has 3 N–H and O–H groups in total. The molecule has 0 heterocycles. The van der Waals surface area contributed by atoms with Crippen LogP contribution in [-0.4, -0.2) is 23.0 Å². The highest BCUT2D eigenvalue weighted by Crippen LogP contribution is 2.22. The topological polar surface area (TPSA) is 66.6 Å². The van der Waals surface area contributed by atoms with Gasteiger partial charge >= 0.3 is 0 Å². The molecular formula is C15H14N2O2S. The van der Waals surface area contributed by atoms with Crippen LogP contribution in [0.2, 0.25) is 0 Å². The quantitative estimate of drug-likeness (QED) is 0.850. The number of thiocarbonyl (C=S) groups is 1. The summed E-state index contributed by atoms with van der Waals surface area (Å²) in [5.41, 5.74) is 7.33. The number of hydrogen-bond acceptors (Lipinski definition) is 3. The molecule has 4 nitrogen and oxygen atoms in total. The second-order valence-corrected chi connectivity index (χ2v) is 4.74. The number of nitrogens with two attached hydrogens (primary N) is 1. The van der Waals surface area contributed by atoms with Crippen LogP contribution >= 0.6 is 12.2 Å². The Morgan fingerprint density at radius 3 is 2.55 bits per heavy atom. The lowest BCUT2D eigenvalue weighted by Crippen LogP contribution is -2.28. The predicted molar refractivity (Wildman–Crippen MR) is 83.2 cm³/mol. The highest BCUT2D eigenvalue weighted by molar-refractivity contribution is 7.80. The summed E-state index contributed by atoms with van der Waals surface area (Å²) in [6.45, 7) is 0. The Kier molecular flexibility index (Phi) is 4.00. The van der Waals surface area contributed by atoms with E-state index >= 15 is 0 Å². The first-order chi connectivity index (χ1) is 9.50. The Hall–Kier alpha value is -2.40. The van der Waals surface area contributed by atoms with Crippen molar-refractivity contribution in [3.05, 3.63) is 59.7 Å². The number of carbonyl (C=O) groups is 1. The van der Waals surface area contributed by atoms with Crippen LogP contribution in [-0.2, 0) is 0 Å². The van der Waals surface area contributed by atoms with E-state index in [0.29, 0.717) is 16.8 Å². The van der Waals surface area contributed by atoms with Crippen molar-refractivity contribution in [2.75, 3.05) is 11.9 Å². The second kappa shape index (κ2) is 5.71. The number of rotatable bonds is 3. The second-order valence-electron chi connectivity index (χ2n) is 4.30. The Morgan fingerprint density at radius 1 is 1.20 bits per heavy atom. The predicted octanol–water partition coefficient (Wildman–Crippen LogP) is 2.30. The highest BCUT2D eigenvalue weighted by Gasteiger charge is 2.17. The maximum Gasteiger partial charge on any atom is 0.258 e. The fourth-order valence-corrected chi connectivity index (χ4v) is 2.09. The van der Waals surface area contributed by atoms with Crippen LogP contribution in [0.25, 0.3) is 0 Å². The Labute approximate surface area is 122 Å². The van der Waals surface area contributed by atoms with Crippen LogP contribution in [0.5, 0.6) is 5.75 Å². The number of hydrogen-bond donors (Lipinski definition) is 2. The lowest BCUT2D eigenvalue weighted by molar-refractivity contribution is 0.0992. The molecule has 1 amide bonds. The molecule has 0 bridgehead atoms. The molecule has 0 aliphatic rings. The van der Waals surface area contributed by atoms with E-state index in [1.54, 1.807) is 31.3 Å². The molecule has 0 aromatic heterocycles. The smallest absolute Gasteiger partial charge is 0.258 e. The molecule has 102 valence electrons. The van der Waals surface area contributed by atoms with E-state index in [9.17, 15) is 9.90 Å². The van der Waals surface area contributed by atoms with Gasteiger partial charge in [-0.3, -0.25) is 4.79 Å². The number of carbonyl (C=O) groups excluding carboxylic acids is 1. The zero-order chi connectivity index (χ0) is 14.7. The maximum atomic E-state index is 12.4. The SMILES string of the molecule is CN(C(=O)c1cccc(O)c1)c1ccccc1C(N)=S. The third-order valence-corrected chi connectivity index (χ3v) is 3.15. The van der Waals surface area contributed by atoms with Gasteiger partial charge in [-0.25, -0.2) is 0 Å². The zero-order valence-electron chi connectivity index (χ0n) is 10.9. The van der Waals surface area contributed by atoms with Crippen molar-refractivity contribution in [3.8, 4) is 5.75 Å². The molecule has 0 radical (unpaired) electrons. The molecule has 0 aliphatic carbocycles. The van der Waals surface area contributed by atoms with Gasteiger partial charge in [-0.05, 0) is 30.3 Å². The molecule has 5 heteroatoms. The van der Waals surface area contributed by atoms with E-state index in [1.807, 2.05) is 12.1 Å². The van der Waals surface area contributed by atoms with Crippen molar-refractivity contribution in [3.63, 3.8) is 0 Å². The van der Waals surface area contributed by atoms with Crippen molar-refractivity contribution < 1.29 is 9.90 Å². The van der Waals surface area contributed by atoms with E-state index in [2.05, 4.69) is 0 Å². The van der Waals surface area contributed by atoms with Crippen LogP contribution in [0.15, 0.2) is 48.5 Å². The van der Waals surface area contributed by atoms with Gasteiger partial charge in [-0.2, -0.15) is 0 Å². The number of nitrogens with zero attached hydrogens (tertiary/aromatic N) is 1. The third kappa shape index (κ3) is 2.78. The molecule has 2 aromatic rings. The van der Waals surface area contributed by atoms with E-state index in [4.69, 9.17) is 18.0 Å². The lowest BCUT2D eigenvalue weighted by Gasteiger charge is -2.20. The molecule has 0 fully saturated rings. The average molecular weight is 286 g/mol. The minimum atomic E-state index is -0.246. The first-order valence-corrected chi connectivity index (χ1v) is 6.37. The summed E-state index contributed by atoms with van der Waals surface area (Å²) >= 11 is 4.99. The van der Waals surface area contributed by atoms with Gasteiger partial charge in [0, 0.05) is 18.2 Å². The van der Waals surface area contributed by atoms with Gasteiger partial charge in [0.25, 0.3) is 5.91 Å². The molecule has 0 saturated carbocycles. The minimum Gasteiger partial charge on any atom is -0.508 e. The van der Waals surface area contributed by atoms with Crippen molar-refractivity contribution in [1.29, 1.82) is 0 Å². The number of amides is 1. The number of para-hydroxylation sites is 1. The molecule has 2 aromatic carbocycles.